The molecule has 0 radical (unpaired) electrons. The highest BCUT2D eigenvalue weighted by atomic mass is 35.5. The number of H-pyrrole nitrogens is 1. The van der Waals surface area contributed by atoms with Gasteiger partial charge in [0.25, 0.3) is 5.91 Å². The van der Waals surface area contributed by atoms with Gasteiger partial charge in [0.05, 0.1) is 19.3 Å². The van der Waals surface area contributed by atoms with Crippen LogP contribution in [0.4, 0.5) is 0 Å². The molecular formula is C25H29ClN4O3. The second kappa shape index (κ2) is 8.40. The third-order valence-electron chi connectivity index (χ3n) is 6.67. The molecule has 0 bridgehead atoms. The highest BCUT2D eigenvalue weighted by Gasteiger charge is 2.33. The Morgan fingerprint density at radius 1 is 1.30 bits per heavy atom. The van der Waals surface area contributed by atoms with Crippen molar-refractivity contribution in [2.24, 2.45) is 0 Å². The number of aromatic amines is 1. The van der Waals surface area contributed by atoms with Crippen molar-refractivity contribution in [3.8, 4) is 11.1 Å². The molecule has 0 spiro atoms. The number of morpholine rings is 1. The lowest BCUT2D eigenvalue weighted by atomic mass is 9.87. The number of hydrogen-bond donors (Lipinski definition) is 3. The molecule has 5 rings (SSSR count). The van der Waals surface area contributed by atoms with Crippen molar-refractivity contribution in [2.75, 3.05) is 26.3 Å². The minimum absolute atomic E-state index is 0.0461. The summed E-state index contributed by atoms with van der Waals surface area (Å²) in [5.41, 5.74) is 5.99. The van der Waals surface area contributed by atoms with Gasteiger partial charge in [0, 0.05) is 36.8 Å². The highest BCUT2D eigenvalue weighted by Crippen LogP contribution is 2.35. The van der Waals surface area contributed by atoms with Crippen LogP contribution in [0.5, 0.6) is 0 Å². The number of pyridine rings is 1. The van der Waals surface area contributed by atoms with Crippen molar-refractivity contribution < 1.29 is 14.6 Å². The van der Waals surface area contributed by atoms with Gasteiger partial charge in [-0.05, 0) is 67.1 Å². The monoisotopic (exact) mass is 468 g/mol. The van der Waals surface area contributed by atoms with Gasteiger partial charge in [-0.2, -0.15) is 0 Å². The normalized spacial score (nSPS) is 19.1. The van der Waals surface area contributed by atoms with E-state index in [1.807, 2.05) is 13.1 Å². The molecule has 4 heterocycles. The number of aromatic nitrogens is 2. The number of ether oxygens (including phenoxy) is 1. The van der Waals surface area contributed by atoms with Gasteiger partial charge in [0.1, 0.15) is 16.4 Å². The maximum absolute atomic E-state index is 12.8. The molecular weight excluding hydrogens is 440 g/mol. The predicted octanol–water partition coefficient (Wildman–Crippen LogP) is 3.51. The summed E-state index contributed by atoms with van der Waals surface area (Å²) < 4.78 is 5.76. The lowest BCUT2D eigenvalue weighted by molar-refractivity contribution is -0.148. The minimum Gasteiger partial charge on any atom is -0.381 e. The Hall–Kier alpha value is -2.45. The quantitative estimate of drug-likeness (QED) is 0.547. The molecule has 8 heteroatoms. The fraction of sp³-hybridized carbons (Fsp3) is 0.440. The average Bonchev–Trinajstić information content (AvgIpc) is 3.10. The van der Waals surface area contributed by atoms with Gasteiger partial charge in [-0.1, -0.05) is 17.7 Å². The zero-order valence-corrected chi connectivity index (χ0v) is 19.9. The van der Waals surface area contributed by atoms with Crippen LogP contribution < -0.4 is 5.32 Å². The molecule has 1 saturated heterocycles. The van der Waals surface area contributed by atoms with Gasteiger partial charge in [0.15, 0.2) is 0 Å². The van der Waals surface area contributed by atoms with Crippen LogP contribution in [0.1, 0.15) is 42.1 Å². The van der Waals surface area contributed by atoms with Crippen LogP contribution in [0.15, 0.2) is 24.4 Å². The minimum atomic E-state index is -1.39. The van der Waals surface area contributed by atoms with Crippen molar-refractivity contribution >= 4 is 28.5 Å². The number of carbonyl (C=O) groups is 1. The largest absolute Gasteiger partial charge is 0.381 e. The van der Waals surface area contributed by atoms with Gasteiger partial charge in [-0.3, -0.25) is 4.79 Å². The topological polar surface area (TPSA) is 90.5 Å². The van der Waals surface area contributed by atoms with Crippen LogP contribution in [0.3, 0.4) is 0 Å². The van der Waals surface area contributed by atoms with Crippen LogP contribution in [-0.2, 0) is 22.5 Å². The van der Waals surface area contributed by atoms with Crippen molar-refractivity contribution in [3.63, 3.8) is 0 Å². The number of benzene rings is 1. The number of hydrogen-bond acceptors (Lipinski definition) is 5. The summed E-state index contributed by atoms with van der Waals surface area (Å²) in [4.78, 5) is 22.2. The van der Waals surface area contributed by atoms with Gasteiger partial charge in [-0.25, -0.2) is 4.98 Å². The van der Waals surface area contributed by atoms with E-state index in [-0.39, 0.29) is 11.9 Å². The van der Waals surface area contributed by atoms with Gasteiger partial charge < -0.3 is 25.0 Å². The Balaban J connectivity index is 1.59. The van der Waals surface area contributed by atoms with E-state index in [1.165, 1.54) is 5.56 Å². The fourth-order valence-corrected chi connectivity index (χ4v) is 5.02. The summed E-state index contributed by atoms with van der Waals surface area (Å²) in [7, 11) is 0. The van der Waals surface area contributed by atoms with E-state index in [0.29, 0.717) is 31.5 Å². The molecule has 1 atom stereocenters. The van der Waals surface area contributed by atoms with Crippen LogP contribution in [0.2, 0.25) is 5.15 Å². The zero-order chi connectivity index (χ0) is 23.3. The van der Waals surface area contributed by atoms with Crippen LogP contribution in [-0.4, -0.2) is 57.8 Å². The Labute approximate surface area is 198 Å². The van der Waals surface area contributed by atoms with E-state index in [2.05, 4.69) is 33.5 Å². The van der Waals surface area contributed by atoms with Crippen LogP contribution in [0, 0.1) is 6.92 Å². The molecule has 3 aromatic rings. The second-order valence-electron chi connectivity index (χ2n) is 9.50. The molecule has 0 saturated carbocycles. The van der Waals surface area contributed by atoms with E-state index >= 15 is 0 Å². The standard InChI is InChI=1S/C25H29ClN4O3/c1-14-18-10-17(11-28-23(18)29-22(14)26)16-8-15-4-6-30(24(31)25(2,3)32)12-20(15)19(9-16)21-13-33-7-5-27-21/h8-11,21,27,32H,4-7,12-13H2,1-3H3,(H,28,29)/t21-/m0/s1. The van der Waals surface area contributed by atoms with E-state index in [4.69, 9.17) is 16.3 Å². The zero-order valence-electron chi connectivity index (χ0n) is 19.2. The van der Waals surface area contributed by atoms with Crippen LogP contribution >= 0.6 is 11.6 Å². The summed E-state index contributed by atoms with van der Waals surface area (Å²) in [6, 6.07) is 6.57. The number of halogens is 1. The van der Waals surface area contributed by atoms with Crippen molar-refractivity contribution in [1.82, 2.24) is 20.2 Å². The Kier molecular flexibility index (Phi) is 5.69. The lowest BCUT2D eigenvalue weighted by Crippen LogP contribution is -2.47. The molecule has 0 unspecified atom stereocenters. The molecule has 3 N–H and O–H groups in total. The molecule has 33 heavy (non-hydrogen) atoms. The molecule has 1 fully saturated rings. The Morgan fingerprint density at radius 2 is 2.12 bits per heavy atom. The third-order valence-corrected chi connectivity index (χ3v) is 7.04. The number of nitrogens with zero attached hydrogens (tertiary/aromatic N) is 2. The van der Waals surface area contributed by atoms with E-state index in [9.17, 15) is 9.90 Å². The number of carbonyl (C=O) groups excluding carboxylic acids is 1. The molecule has 1 aromatic carbocycles. The second-order valence-corrected chi connectivity index (χ2v) is 9.88. The fourth-order valence-electron chi connectivity index (χ4n) is 4.82. The number of rotatable bonds is 3. The number of aliphatic hydroxyl groups is 1. The van der Waals surface area contributed by atoms with E-state index in [1.54, 1.807) is 18.7 Å². The molecule has 0 aliphatic carbocycles. The first-order chi connectivity index (χ1) is 15.7. The first-order valence-electron chi connectivity index (χ1n) is 11.3. The van der Waals surface area contributed by atoms with Gasteiger partial charge in [0.2, 0.25) is 0 Å². The highest BCUT2D eigenvalue weighted by molar-refractivity contribution is 6.31. The van der Waals surface area contributed by atoms with E-state index < -0.39 is 5.60 Å². The number of nitrogens with one attached hydrogen (secondary N) is 2. The molecule has 2 aliphatic rings. The summed E-state index contributed by atoms with van der Waals surface area (Å²) in [6.45, 7) is 8.20. The van der Waals surface area contributed by atoms with Crippen LogP contribution in [0.25, 0.3) is 22.2 Å². The maximum atomic E-state index is 12.8. The summed E-state index contributed by atoms with van der Waals surface area (Å²) in [5, 5.41) is 15.5. The first-order valence-corrected chi connectivity index (χ1v) is 11.7. The number of amides is 1. The summed E-state index contributed by atoms with van der Waals surface area (Å²) in [5.74, 6) is -0.245. The lowest BCUT2D eigenvalue weighted by Gasteiger charge is -2.36. The summed E-state index contributed by atoms with van der Waals surface area (Å²) >= 11 is 6.28. The van der Waals surface area contributed by atoms with Crippen molar-refractivity contribution in [3.05, 3.63) is 51.8 Å². The predicted molar refractivity (Wildman–Crippen MR) is 128 cm³/mol. The van der Waals surface area contributed by atoms with Gasteiger partial charge in [-0.15, -0.1) is 0 Å². The molecule has 174 valence electrons. The van der Waals surface area contributed by atoms with E-state index in [0.717, 1.165) is 51.8 Å². The third kappa shape index (κ3) is 4.15. The Morgan fingerprint density at radius 3 is 2.85 bits per heavy atom. The first kappa shape index (κ1) is 22.3. The molecule has 2 aromatic heterocycles. The number of fused-ring (bicyclic) bond motifs is 2. The smallest absolute Gasteiger partial charge is 0.254 e. The molecule has 1 amide bonds. The Bertz CT molecular complexity index is 1220. The van der Waals surface area contributed by atoms with Gasteiger partial charge >= 0.3 is 0 Å². The van der Waals surface area contributed by atoms with Crippen molar-refractivity contribution in [2.45, 2.75) is 45.4 Å². The number of aryl methyl sites for hydroxylation is 1. The SMILES string of the molecule is Cc1c(Cl)[nH]c2ncc(-c3cc4c(c([C@@H]5COCCN5)c3)CN(C(=O)C(C)(C)O)CC4)cc12. The maximum Gasteiger partial charge on any atom is 0.254 e. The summed E-state index contributed by atoms with van der Waals surface area (Å²) in [6.07, 6.45) is 2.61. The molecule has 7 nitrogen and oxygen atoms in total. The molecule has 2 aliphatic heterocycles. The van der Waals surface area contributed by atoms with Crippen molar-refractivity contribution in [1.29, 1.82) is 0 Å². The average molecular weight is 469 g/mol.